The summed E-state index contributed by atoms with van der Waals surface area (Å²) in [5.41, 5.74) is 5.38. The Labute approximate surface area is 152 Å². The Hall–Kier alpha value is -3.34. The fourth-order valence-electron chi connectivity index (χ4n) is 2.54. The van der Waals surface area contributed by atoms with E-state index in [0.29, 0.717) is 0 Å². The third-order valence-electron chi connectivity index (χ3n) is 4.25. The van der Waals surface area contributed by atoms with Gasteiger partial charge in [-0.3, -0.25) is 0 Å². The number of aromatic carboxylic acids is 1. The Balaban J connectivity index is 1.85. The third kappa shape index (κ3) is 4.00. The predicted octanol–water partition coefficient (Wildman–Crippen LogP) is 5.19. The molecule has 1 aromatic heterocycles. The Kier molecular flexibility index (Phi) is 4.89. The summed E-state index contributed by atoms with van der Waals surface area (Å²) < 4.78 is 0. The minimum absolute atomic E-state index is 0.256. The zero-order chi connectivity index (χ0) is 18.7. The molecule has 132 valence electrons. The van der Waals surface area contributed by atoms with Crippen LogP contribution in [-0.4, -0.2) is 16.1 Å². The topological polar surface area (TPSA) is 74.2 Å². The molecule has 0 spiro atoms. The Morgan fingerprint density at radius 3 is 2.08 bits per heavy atom. The average Bonchev–Trinajstić information content (AvgIpc) is 2.61. The number of benzene rings is 2. The molecule has 2 aromatic carbocycles. The van der Waals surface area contributed by atoms with E-state index in [9.17, 15) is 4.79 Å². The minimum atomic E-state index is -0.939. The lowest BCUT2D eigenvalue weighted by Gasteiger charge is -2.14. The van der Waals surface area contributed by atoms with E-state index in [1.807, 2.05) is 44.2 Å². The van der Waals surface area contributed by atoms with E-state index in [-0.39, 0.29) is 5.56 Å². The molecule has 0 atom stereocenters. The molecule has 0 saturated carbocycles. The van der Waals surface area contributed by atoms with Gasteiger partial charge in [-0.15, -0.1) is 0 Å². The molecule has 3 N–H and O–H groups in total. The van der Waals surface area contributed by atoms with Crippen molar-refractivity contribution < 1.29 is 9.90 Å². The Morgan fingerprint density at radius 1 is 0.885 bits per heavy atom. The van der Waals surface area contributed by atoms with E-state index in [1.54, 1.807) is 24.3 Å². The predicted molar refractivity (Wildman–Crippen MR) is 105 cm³/mol. The van der Waals surface area contributed by atoms with Gasteiger partial charge < -0.3 is 15.7 Å². The van der Waals surface area contributed by atoms with Crippen LogP contribution >= 0.6 is 0 Å². The molecular weight excluding hydrogens is 326 g/mol. The van der Waals surface area contributed by atoms with Crippen molar-refractivity contribution in [3.05, 3.63) is 76.9 Å². The van der Waals surface area contributed by atoms with Crippen molar-refractivity contribution in [1.82, 2.24) is 4.98 Å². The highest BCUT2D eigenvalue weighted by atomic mass is 16.4. The molecular formula is C21H21N3O2. The highest BCUT2D eigenvalue weighted by Gasteiger charge is 2.08. The number of carboxylic acid groups (broad SMARTS) is 1. The first kappa shape index (κ1) is 17.5. The van der Waals surface area contributed by atoms with Crippen molar-refractivity contribution in [3.8, 4) is 0 Å². The number of hydrogen-bond donors (Lipinski definition) is 3. The maximum absolute atomic E-state index is 11.0. The van der Waals surface area contributed by atoms with E-state index < -0.39 is 5.97 Å². The molecule has 0 fully saturated rings. The van der Waals surface area contributed by atoms with Crippen molar-refractivity contribution in [1.29, 1.82) is 0 Å². The van der Waals surface area contributed by atoms with Crippen LogP contribution in [0.5, 0.6) is 0 Å². The second-order valence-electron chi connectivity index (χ2n) is 6.30. The fraction of sp³-hybridized carbons (Fsp3) is 0.143. The van der Waals surface area contributed by atoms with Gasteiger partial charge in [0.2, 0.25) is 0 Å². The zero-order valence-electron chi connectivity index (χ0n) is 15.0. The zero-order valence-corrected chi connectivity index (χ0v) is 15.0. The first-order valence-electron chi connectivity index (χ1n) is 8.35. The summed E-state index contributed by atoms with van der Waals surface area (Å²) in [7, 11) is 0. The summed E-state index contributed by atoms with van der Waals surface area (Å²) in [6.07, 6.45) is 0. The van der Waals surface area contributed by atoms with Gasteiger partial charge in [-0.2, -0.15) is 0 Å². The first-order chi connectivity index (χ1) is 12.4. The largest absolute Gasteiger partial charge is 0.478 e. The molecule has 0 radical (unpaired) electrons. The van der Waals surface area contributed by atoms with Gasteiger partial charge in [0.15, 0.2) is 0 Å². The molecule has 0 aliphatic carbocycles. The van der Waals surface area contributed by atoms with Crippen molar-refractivity contribution in [2.75, 3.05) is 10.6 Å². The summed E-state index contributed by atoms with van der Waals surface area (Å²) in [6.45, 7) is 6.09. The van der Waals surface area contributed by atoms with Crippen LogP contribution in [-0.2, 0) is 0 Å². The number of nitrogens with zero attached hydrogens (tertiary/aromatic N) is 1. The summed E-state index contributed by atoms with van der Waals surface area (Å²) in [6, 6.07) is 16.8. The van der Waals surface area contributed by atoms with Crippen molar-refractivity contribution in [2.24, 2.45) is 0 Å². The second kappa shape index (κ2) is 7.27. The third-order valence-corrected chi connectivity index (χ3v) is 4.25. The Morgan fingerprint density at radius 2 is 1.46 bits per heavy atom. The number of nitrogens with one attached hydrogen (secondary N) is 2. The van der Waals surface area contributed by atoms with Crippen LogP contribution in [0.15, 0.2) is 54.6 Å². The van der Waals surface area contributed by atoms with E-state index >= 15 is 0 Å². The number of aryl methyl sites for hydroxylation is 2. The van der Waals surface area contributed by atoms with Gasteiger partial charge in [-0.05, 0) is 74.4 Å². The lowest BCUT2D eigenvalue weighted by molar-refractivity contribution is 0.0697. The number of anilines is 4. The molecule has 3 rings (SSSR count). The highest BCUT2D eigenvalue weighted by Crippen LogP contribution is 2.26. The van der Waals surface area contributed by atoms with Gasteiger partial charge in [0.1, 0.15) is 11.6 Å². The van der Waals surface area contributed by atoms with E-state index in [0.717, 1.165) is 34.1 Å². The number of carboxylic acids is 1. The van der Waals surface area contributed by atoms with Gasteiger partial charge in [0.25, 0.3) is 0 Å². The standard InChI is InChI=1S/C21H21N3O2/c1-13-4-8-17(9-5-13)22-19-12-14(2)15(3)20(24-19)23-18-10-6-16(7-11-18)21(25)26/h4-12H,1-3H3,(H,25,26)(H2,22,23,24). The molecule has 0 aliphatic heterocycles. The SMILES string of the molecule is Cc1ccc(Nc2cc(C)c(C)c(Nc3ccc(C(=O)O)cc3)n2)cc1. The maximum Gasteiger partial charge on any atom is 0.335 e. The molecule has 0 aliphatic rings. The van der Waals surface area contributed by atoms with Crippen LogP contribution in [0.25, 0.3) is 0 Å². The monoisotopic (exact) mass is 347 g/mol. The molecule has 0 bridgehead atoms. The number of rotatable bonds is 5. The molecule has 26 heavy (non-hydrogen) atoms. The fourth-order valence-corrected chi connectivity index (χ4v) is 2.54. The normalized spacial score (nSPS) is 10.4. The number of hydrogen-bond acceptors (Lipinski definition) is 4. The van der Waals surface area contributed by atoms with E-state index in [1.165, 1.54) is 5.56 Å². The lowest BCUT2D eigenvalue weighted by Crippen LogP contribution is -2.03. The van der Waals surface area contributed by atoms with Crippen molar-refractivity contribution in [2.45, 2.75) is 20.8 Å². The summed E-state index contributed by atoms with van der Waals surface area (Å²) in [5, 5.41) is 15.6. The van der Waals surface area contributed by atoms with Gasteiger partial charge in [0.05, 0.1) is 5.56 Å². The van der Waals surface area contributed by atoms with E-state index in [4.69, 9.17) is 5.11 Å². The number of pyridine rings is 1. The van der Waals surface area contributed by atoms with Gasteiger partial charge in [0, 0.05) is 11.4 Å². The summed E-state index contributed by atoms with van der Waals surface area (Å²) >= 11 is 0. The molecule has 5 heteroatoms. The average molecular weight is 347 g/mol. The maximum atomic E-state index is 11.0. The van der Waals surface area contributed by atoms with Crippen LogP contribution < -0.4 is 10.6 Å². The molecule has 1 heterocycles. The van der Waals surface area contributed by atoms with Gasteiger partial charge >= 0.3 is 5.97 Å². The number of aromatic nitrogens is 1. The molecule has 0 unspecified atom stereocenters. The molecule has 5 nitrogen and oxygen atoms in total. The van der Waals surface area contributed by atoms with E-state index in [2.05, 4.69) is 22.5 Å². The van der Waals surface area contributed by atoms with Crippen LogP contribution in [0.3, 0.4) is 0 Å². The highest BCUT2D eigenvalue weighted by molar-refractivity contribution is 5.88. The van der Waals surface area contributed by atoms with Gasteiger partial charge in [-0.25, -0.2) is 9.78 Å². The molecule has 0 amide bonds. The number of carbonyl (C=O) groups is 1. The van der Waals surface area contributed by atoms with Crippen LogP contribution in [0.2, 0.25) is 0 Å². The summed E-state index contributed by atoms with van der Waals surface area (Å²) in [5.74, 6) is 0.551. The van der Waals surface area contributed by atoms with Crippen LogP contribution in [0.4, 0.5) is 23.0 Å². The van der Waals surface area contributed by atoms with Crippen LogP contribution in [0.1, 0.15) is 27.0 Å². The first-order valence-corrected chi connectivity index (χ1v) is 8.35. The second-order valence-corrected chi connectivity index (χ2v) is 6.30. The van der Waals surface area contributed by atoms with Crippen molar-refractivity contribution in [3.63, 3.8) is 0 Å². The van der Waals surface area contributed by atoms with Gasteiger partial charge in [-0.1, -0.05) is 17.7 Å². The molecule has 3 aromatic rings. The minimum Gasteiger partial charge on any atom is -0.478 e. The van der Waals surface area contributed by atoms with Crippen molar-refractivity contribution >= 4 is 29.0 Å². The quantitative estimate of drug-likeness (QED) is 0.592. The summed E-state index contributed by atoms with van der Waals surface area (Å²) in [4.78, 5) is 15.6. The lowest BCUT2D eigenvalue weighted by atomic mass is 10.1. The Bertz CT molecular complexity index is 933. The smallest absolute Gasteiger partial charge is 0.335 e. The van der Waals surface area contributed by atoms with Crippen LogP contribution in [0, 0.1) is 20.8 Å². The molecule has 0 saturated heterocycles.